The predicted molar refractivity (Wildman–Crippen MR) is 90.1 cm³/mol. The Morgan fingerprint density at radius 1 is 1.32 bits per heavy atom. The van der Waals surface area contributed by atoms with Crippen molar-refractivity contribution in [2.75, 3.05) is 31.2 Å². The maximum absolute atomic E-state index is 12.0. The second kappa shape index (κ2) is 7.84. The van der Waals surface area contributed by atoms with Gasteiger partial charge in [0.15, 0.2) is 0 Å². The summed E-state index contributed by atoms with van der Waals surface area (Å²) >= 11 is 0. The van der Waals surface area contributed by atoms with Gasteiger partial charge in [-0.1, -0.05) is 0 Å². The van der Waals surface area contributed by atoms with Gasteiger partial charge in [-0.15, -0.1) is 0 Å². The molecule has 1 saturated heterocycles. The molecule has 0 aliphatic carbocycles. The number of aryl methyl sites for hydroxylation is 1. The largest absolute Gasteiger partial charge is 0.378 e. The number of morpholine rings is 1. The Morgan fingerprint density at radius 3 is 2.88 bits per heavy atom. The molecule has 3 heterocycles. The van der Waals surface area contributed by atoms with Crippen molar-refractivity contribution in [3.63, 3.8) is 0 Å². The van der Waals surface area contributed by atoms with Gasteiger partial charge < -0.3 is 15.0 Å². The molecule has 1 aliphatic rings. The van der Waals surface area contributed by atoms with Gasteiger partial charge in [0.25, 0.3) is 5.56 Å². The van der Waals surface area contributed by atoms with Crippen LogP contribution in [-0.4, -0.2) is 52.0 Å². The average molecular weight is 344 g/mol. The van der Waals surface area contributed by atoms with E-state index in [0.717, 1.165) is 29.2 Å². The van der Waals surface area contributed by atoms with E-state index in [1.165, 1.54) is 18.3 Å². The lowest BCUT2D eigenvalue weighted by Crippen LogP contribution is -2.38. The maximum Gasteiger partial charge on any atom is 0.267 e. The number of anilines is 1. The minimum absolute atomic E-state index is 0.125. The quantitative estimate of drug-likeness (QED) is 0.780. The highest BCUT2D eigenvalue weighted by Gasteiger charge is 2.15. The van der Waals surface area contributed by atoms with Crippen molar-refractivity contribution in [3.05, 3.63) is 46.1 Å². The first kappa shape index (κ1) is 17.0. The van der Waals surface area contributed by atoms with Crippen molar-refractivity contribution < 1.29 is 9.53 Å². The van der Waals surface area contributed by atoms with E-state index in [1.807, 2.05) is 13.0 Å². The zero-order valence-corrected chi connectivity index (χ0v) is 14.0. The number of rotatable bonds is 5. The van der Waals surface area contributed by atoms with Crippen LogP contribution in [0.15, 0.2) is 29.2 Å². The minimum atomic E-state index is -0.315. The second-order valence-electron chi connectivity index (χ2n) is 5.70. The summed E-state index contributed by atoms with van der Waals surface area (Å²) in [4.78, 5) is 34.6. The molecule has 0 bridgehead atoms. The Kier molecular flexibility index (Phi) is 5.34. The molecular weight excluding hydrogens is 324 g/mol. The van der Waals surface area contributed by atoms with Crippen molar-refractivity contribution in [1.82, 2.24) is 25.1 Å². The van der Waals surface area contributed by atoms with Crippen molar-refractivity contribution in [2.45, 2.75) is 20.0 Å². The first-order valence-electron chi connectivity index (χ1n) is 8.08. The lowest BCUT2D eigenvalue weighted by atomic mass is 10.3. The molecule has 0 unspecified atom stereocenters. The van der Waals surface area contributed by atoms with Crippen LogP contribution in [0, 0.1) is 6.92 Å². The van der Waals surface area contributed by atoms with Crippen LogP contribution in [-0.2, 0) is 22.6 Å². The third-order valence-corrected chi connectivity index (χ3v) is 3.73. The molecule has 1 fully saturated rings. The van der Waals surface area contributed by atoms with Crippen LogP contribution in [0.4, 0.5) is 5.95 Å². The topological polar surface area (TPSA) is 102 Å². The predicted octanol–water partition coefficient (Wildman–Crippen LogP) is -0.505. The number of aromatic nitrogens is 4. The van der Waals surface area contributed by atoms with Gasteiger partial charge in [0.1, 0.15) is 6.54 Å². The Bertz CT molecular complexity index is 800. The molecule has 0 spiro atoms. The lowest BCUT2D eigenvalue weighted by Gasteiger charge is -2.27. The summed E-state index contributed by atoms with van der Waals surface area (Å²) in [6, 6.07) is 4.73. The monoisotopic (exact) mass is 344 g/mol. The Hall–Kier alpha value is -2.81. The summed E-state index contributed by atoms with van der Waals surface area (Å²) in [5.74, 6) is 0.346. The summed E-state index contributed by atoms with van der Waals surface area (Å²) in [5, 5.41) is 6.62. The minimum Gasteiger partial charge on any atom is -0.378 e. The molecule has 0 saturated carbocycles. The van der Waals surface area contributed by atoms with Gasteiger partial charge in [-0.25, -0.2) is 14.6 Å². The van der Waals surface area contributed by atoms with Crippen LogP contribution in [0.1, 0.15) is 11.4 Å². The van der Waals surface area contributed by atoms with E-state index in [1.54, 1.807) is 0 Å². The summed E-state index contributed by atoms with van der Waals surface area (Å²) in [6.45, 7) is 4.84. The van der Waals surface area contributed by atoms with Crippen LogP contribution in [0.5, 0.6) is 0 Å². The SMILES string of the molecule is Cc1cc(CNC(=O)Cn2ncccc2=O)nc(N2CCOCC2)n1. The van der Waals surface area contributed by atoms with Crippen molar-refractivity contribution in [3.8, 4) is 0 Å². The van der Waals surface area contributed by atoms with Crippen molar-refractivity contribution >= 4 is 11.9 Å². The molecule has 0 aromatic carbocycles. The third-order valence-electron chi connectivity index (χ3n) is 3.73. The van der Waals surface area contributed by atoms with Gasteiger partial charge in [-0.05, 0) is 19.1 Å². The second-order valence-corrected chi connectivity index (χ2v) is 5.70. The first-order valence-corrected chi connectivity index (χ1v) is 8.08. The normalized spacial score (nSPS) is 14.4. The highest BCUT2D eigenvalue weighted by molar-refractivity contribution is 5.75. The molecule has 9 heteroatoms. The molecule has 3 rings (SSSR count). The highest BCUT2D eigenvalue weighted by atomic mass is 16.5. The van der Waals surface area contributed by atoms with Crippen LogP contribution < -0.4 is 15.8 Å². The van der Waals surface area contributed by atoms with Gasteiger partial charge in [0.2, 0.25) is 11.9 Å². The summed E-state index contributed by atoms with van der Waals surface area (Å²) in [6.07, 6.45) is 1.47. The zero-order valence-electron chi connectivity index (χ0n) is 14.0. The number of carbonyl (C=O) groups excluding carboxylic acids is 1. The average Bonchev–Trinajstić information content (AvgIpc) is 2.62. The molecule has 2 aromatic heterocycles. The van der Waals surface area contributed by atoms with Crippen LogP contribution in [0.3, 0.4) is 0 Å². The smallest absolute Gasteiger partial charge is 0.267 e. The standard InChI is InChI=1S/C16H20N6O3/c1-12-9-13(20-16(19-12)21-5-7-25-8-6-21)10-17-14(23)11-22-15(24)3-2-4-18-22/h2-4,9H,5-8,10-11H2,1H3,(H,17,23). The van der Waals surface area contributed by atoms with Gasteiger partial charge in [0.05, 0.1) is 25.5 Å². The van der Waals surface area contributed by atoms with E-state index in [4.69, 9.17) is 4.74 Å². The Balaban J connectivity index is 1.62. The Morgan fingerprint density at radius 2 is 2.12 bits per heavy atom. The van der Waals surface area contributed by atoms with Gasteiger partial charge in [-0.2, -0.15) is 5.10 Å². The first-order chi connectivity index (χ1) is 12.1. The molecule has 9 nitrogen and oxygen atoms in total. The number of hydrogen-bond acceptors (Lipinski definition) is 7. The number of nitrogens with zero attached hydrogens (tertiary/aromatic N) is 5. The van der Waals surface area contributed by atoms with E-state index >= 15 is 0 Å². The molecule has 1 aliphatic heterocycles. The fourth-order valence-electron chi connectivity index (χ4n) is 2.50. The van der Waals surface area contributed by atoms with Gasteiger partial charge in [-0.3, -0.25) is 9.59 Å². The number of nitrogens with one attached hydrogen (secondary N) is 1. The van der Waals surface area contributed by atoms with Gasteiger partial charge >= 0.3 is 0 Å². The Labute approximate surface area is 144 Å². The molecule has 1 amide bonds. The molecule has 132 valence electrons. The third kappa shape index (κ3) is 4.60. The van der Waals surface area contributed by atoms with Crippen LogP contribution in [0.2, 0.25) is 0 Å². The zero-order chi connectivity index (χ0) is 17.6. The summed E-state index contributed by atoms with van der Waals surface area (Å²) in [5.41, 5.74) is 1.24. The van der Waals surface area contributed by atoms with E-state index in [2.05, 4.69) is 25.3 Å². The molecule has 25 heavy (non-hydrogen) atoms. The fraction of sp³-hybridized carbons (Fsp3) is 0.438. The van der Waals surface area contributed by atoms with Crippen molar-refractivity contribution in [2.24, 2.45) is 0 Å². The fourth-order valence-corrected chi connectivity index (χ4v) is 2.50. The number of hydrogen-bond donors (Lipinski definition) is 1. The van der Waals surface area contributed by atoms with Gasteiger partial charge in [0, 0.05) is 31.0 Å². The van der Waals surface area contributed by atoms with Crippen molar-refractivity contribution in [1.29, 1.82) is 0 Å². The van der Waals surface area contributed by atoms with E-state index in [-0.39, 0.29) is 24.6 Å². The van der Waals surface area contributed by atoms with Crippen LogP contribution >= 0.6 is 0 Å². The highest BCUT2D eigenvalue weighted by Crippen LogP contribution is 2.12. The number of carbonyl (C=O) groups is 1. The van der Waals surface area contributed by atoms with Crippen LogP contribution in [0.25, 0.3) is 0 Å². The molecule has 2 aromatic rings. The summed E-state index contributed by atoms with van der Waals surface area (Å²) < 4.78 is 6.45. The maximum atomic E-state index is 12.0. The van der Waals surface area contributed by atoms with E-state index in [0.29, 0.717) is 19.2 Å². The molecular formula is C16H20N6O3. The van der Waals surface area contributed by atoms with E-state index in [9.17, 15) is 9.59 Å². The van der Waals surface area contributed by atoms with E-state index < -0.39 is 0 Å². The molecule has 1 N–H and O–H groups in total. The summed E-state index contributed by atoms with van der Waals surface area (Å²) in [7, 11) is 0. The number of amides is 1. The lowest BCUT2D eigenvalue weighted by molar-refractivity contribution is -0.122. The molecule has 0 radical (unpaired) electrons. The number of ether oxygens (including phenoxy) is 1. The molecule has 0 atom stereocenters.